The highest BCUT2D eigenvalue weighted by molar-refractivity contribution is 5.93. The van der Waals surface area contributed by atoms with Gasteiger partial charge in [-0.1, -0.05) is 56.3 Å². The van der Waals surface area contributed by atoms with Crippen LogP contribution in [-0.2, 0) is 32.2 Å². The third-order valence-corrected chi connectivity index (χ3v) is 5.28. The van der Waals surface area contributed by atoms with Crippen molar-refractivity contribution < 1.29 is 29.0 Å². The van der Waals surface area contributed by atoms with Crippen molar-refractivity contribution >= 4 is 23.7 Å². The third-order valence-electron chi connectivity index (χ3n) is 5.28. The second-order valence-corrected chi connectivity index (χ2v) is 8.67. The number of carboxylic acid groups (broad SMARTS) is 1. The first kappa shape index (κ1) is 27.4. The van der Waals surface area contributed by atoms with E-state index in [2.05, 4.69) is 16.0 Å². The highest BCUT2D eigenvalue weighted by Crippen LogP contribution is 2.16. The van der Waals surface area contributed by atoms with Gasteiger partial charge in [0.15, 0.2) is 0 Å². The van der Waals surface area contributed by atoms with Crippen LogP contribution < -0.4 is 20.7 Å². The SMILES string of the molecule is CC(=O)N[C@@H](Cc1ccc(OCc2ccccc2)cc1)C(=O)N[C@H](C(=O)N[C@@H](C)C(=O)O)C(C)C. The van der Waals surface area contributed by atoms with Gasteiger partial charge < -0.3 is 25.8 Å². The number of nitrogens with one attached hydrogen (secondary N) is 3. The molecule has 0 aliphatic rings. The molecule has 0 aliphatic heterocycles. The summed E-state index contributed by atoms with van der Waals surface area (Å²) in [4.78, 5) is 48.4. The molecule has 0 aliphatic carbocycles. The van der Waals surface area contributed by atoms with Gasteiger partial charge in [0, 0.05) is 13.3 Å². The van der Waals surface area contributed by atoms with E-state index in [0.29, 0.717) is 12.4 Å². The highest BCUT2D eigenvalue weighted by atomic mass is 16.5. The fraction of sp³-hybridized carbons (Fsp3) is 0.385. The van der Waals surface area contributed by atoms with Gasteiger partial charge in [0.05, 0.1) is 0 Å². The van der Waals surface area contributed by atoms with Crippen LogP contribution in [0.1, 0.15) is 38.8 Å². The number of hydrogen-bond donors (Lipinski definition) is 4. The van der Waals surface area contributed by atoms with E-state index in [-0.39, 0.29) is 12.3 Å². The molecule has 0 aromatic heterocycles. The Kier molecular flexibility index (Phi) is 10.3. The molecule has 0 bridgehead atoms. The van der Waals surface area contributed by atoms with Gasteiger partial charge >= 0.3 is 5.97 Å². The first-order chi connectivity index (χ1) is 16.6. The van der Waals surface area contributed by atoms with E-state index in [1.54, 1.807) is 26.0 Å². The maximum atomic E-state index is 13.0. The van der Waals surface area contributed by atoms with Crippen LogP contribution in [0.3, 0.4) is 0 Å². The van der Waals surface area contributed by atoms with Gasteiger partial charge in [-0.25, -0.2) is 0 Å². The Morgan fingerprint density at radius 3 is 2.00 bits per heavy atom. The molecule has 2 aromatic carbocycles. The van der Waals surface area contributed by atoms with E-state index in [0.717, 1.165) is 11.1 Å². The summed E-state index contributed by atoms with van der Waals surface area (Å²) in [6.07, 6.45) is 0.197. The number of rotatable bonds is 12. The zero-order valence-electron chi connectivity index (χ0n) is 20.4. The van der Waals surface area contributed by atoms with Gasteiger partial charge in [-0.05, 0) is 36.1 Å². The maximum Gasteiger partial charge on any atom is 0.325 e. The van der Waals surface area contributed by atoms with Crippen LogP contribution in [0, 0.1) is 5.92 Å². The topological polar surface area (TPSA) is 134 Å². The van der Waals surface area contributed by atoms with Crippen LogP contribution in [-0.4, -0.2) is 46.9 Å². The molecular weight excluding hydrogens is 450 g/mol. The van der Waals surface area contributed by atoms with Gasteiger partial charge in [0.25, 0.3) is 0 Å². The number of carbonyl (C=O) groups excluding carboxylic acids is 3. The summed E-state index contributed by atoms with van der Waals surface area (Å²) < 4.78 is 5.78. The Labute approximate surface area is 205 Å². The smallest absolute Gasteiger partial charge is 0.325 e. The molecular formula is C26H33N3O6. The zero-order chi connectivity index (χ0) is 26.0. The van der Waals surface area contributed by atoms with E-state index in [1.165, 1.54) is 13.8 Å². The predicted octanol–water partition coefficient (Wildman–Crippen LogP) is 2.04. The molecule has 0 radical (unpaired) electrons. The lowest BCUT2D eigenvalue weighted by Crippen LogP contribution is -2.57. The van der Waals surface area contributed by atoms with Gasteiger partial charge in [-0.3, -0.25) is 19.2 Å². The summed E-state index contributed by atoms with van der Waals surface area (Å²) in [6.45, 7) is 6.54. The molecule has 2 rings (SSSR count). The minimum Gasteiger partial charge on any atom is -0.489 e. The van der Waals surface area contributed by atoms with Crippen LogP contribution in [0.2, 0.25) is 0 Å². The fourth-order valence-electron chi connectivity index (χ4n) is 3.31. The summed E-state index contributed by atoms with van der Waals surface area (Å²) in [5.74, 6) is -2.36. The maximum absolute atomic E-state index is 13.0. The van der Waals surface area contributed by atoms with E-state index in [9.17, 15) is 19.2 Å². The monoisotopic (exact) mass is 483 g/mol. The zero-order valence-corrected chi connectivity index (χ0v) is 20.4. The van der Waals surface area contributed by atoms with Crippen molar-refractivity contribution in [1.82, 2.24) is 16.0 Å². The summed E-state index contributed by atoms with van der Waals surface area (Å²) in [7, 11) is 0. The molecule has 188 valence electrons. The number of carboxylic acids is 1. The molecule has 0 saturated carbocycles. The molecule has 9 nitrogen and oxygen atoms in total. The fourth-order valence-corrected chi connectivity index (χ4v) is 3.31. The van der Waals surface area contributed by atoms with Crippen LogP contribution in [0.25, 0.3) is 0 Å². The Bertz CT molecular complexity index is 1010. The number of benzene rings is 2. The van der Waals surface area contributed by atoms with Gasteiger partial charge in [0.1, 0.15) is 30.5 Å². The third kappa shape index (κ3) is 9.11. The average molecular weight is 484 g/mol. The van der Waals surface area contributed by atoms with Crippen molar-refractivity contribution in [2.75, 3.05) is 0 Å². The number of aliphatic carboxylic acids is 1. The van der Waals surface area contributed by atoms with Crippen LogP contribution in [0.15, 0.2) is 54.6 Å². The van der Waals surface area contributed by atoms with Gasteiger partial charge in [-0.2, -0.15) is 0 Å². The van der Waals surface area contributed by atoms with Crippen molar-refractivity contribution in [3.05, 3.63) is 65.7 Å². The molecule has 0 fully saturated rings. The lowest BCUT2D eigenvalue weighted by atomic mass is 10.0. The Balaban J connectivity index is 2.05. The predicted molar refractivity (Wildman–Crippen MR) is 131 cm³/mol. The Morgan fingerprint density at radius 1 is 0.829 bits per heavy atom. The van der Waals surface area contributed by atoms with E-state index >= 15 is 0 Å². The summed E-state index contributed by atoms with van der Waals surface area (Å²) in [5.41, 5.74) is 1.83. The van der Waals surface area contributed by atoms with Crippen LogP contribution >= 0.6 is 0 Å². The second-order valence-electron chi connectivity index (χ2n) is 8.67. The quantitative estimate of drug-likeness (QED) is 0.365. The van der Waals surface area contributed by atoms with Crippen LogP contribution in [0.4, 0.5) is 0 Å². The second kappa shape index (κ2) is 13.1. The Morgan fingerprint density at radius 2 is 1.46 bits per heavy atom. The van der Waals surface area contributed by atoms with E-state index < -0.39 is 41.8 Å². The van der Waals surface area contributed by atoms with Crippen molar-refractivity contribution in [2.45, 2.75) is 58.8 Å². The standard InChI is InChI=1S/C26H33N3O6/c1-16(2)23(25(32)27-17(3)26(33)34)29-24(31)22(28-18(4)30)14-19-10-12-21(13-11-19)35-15-20-8-6-5-7-9-20/h5-13,16-17,22-23H,14-15H2,1-4H3,(H,27,32)(H,28,30)(H,29,31)(H,33,34)/t17-,22-,23-/m0/s1. The minimum absolute atomic E-state index is 0.197. The first-order valence-corrected chi connectivity index (χ1v) is 11.4. The first-order valence-electron chi connectivity index (χ1n) is 11.4. The molecule has 2 aromatic rings. The number of amides is 3. The lowest BCUT2D eigenvalue weighted by molar-refractivity contribution is -0.142. The number of hydrogen-bond acceptors (Lipinski definition) is 5. The molecule has 35 heavy (non-hydrogen) atoms. The molecule has 3 atom stereocenters. The molecule has 0 unspecified atom stereocenters. The Hall–Kier alpha value is -3.88. The molecule has 0 heterocycles. The summed E-state index contributed by atoms with van der Waals surface area (Å²) in [5, 5.41) is 16.7. The number of carbonyl (C=O) groups is 4. The largest absolute Gasteiger partial charge is 0.489 e. The average Bonchev–Trinajstić information content (AvgIpc) is 2.81. The van der Waals surface area contributed by atoms with Crippen molar-refractivity contribution in [3.63, 3.8) is 0 Å². The summed E-state index contributed by atoms with van der Waals surface area (Å²) in [6, 6.07) is 14.0. The van der Waals surface area contributed by atoms with Crippen molar-refractivity contribution in [3.8, 4) is 5.75 Å². The van der Waals surface area contributed by atoms with Gasteiger partial charge in [-0.15, -0.1) is 0 Å². The molecule has 0 saturated heterocycles. The van der Waals surface area contributed by atoms with Crippen LogP contribution in [0.5, 0.6) is 5.75 Å². The highest BCUT2D eigenvalue weighted by Gasteiger charge is 2.30. The molecule has 9 heteroatoms. The van der Waals surface area contributed by atoms with E-state index in [1.807, 2.05) is 42.5 Å². The van der Waals surface area contributed by atoms with E-state index in [4.69, 9.17) is 9.84 Å². The number of ether oxygens (including phenoxy) is 1. The van der Waals surface area contributed by atoms with Crippen molar-refractivity contribution in [2.24, 2.45) is 5.92 Å². The molecule has 0 spiro atoms. The summed E-state index contributed by atoms with van der Waals surface area (Å²) >= 11 is 0. The molecule has 3 amide bonds. The minimum atomic E-state index is -1.18. The normalized spacial score (nSPS) is 13.3. The van der Waals surface area contributed by atoms with Gasteiger partial charge in [0.2, 0.25) is 17.7 Å². The van der Waals surface area contributed by atoms with Crippen molar-refractivity contribution in [1.29, 1.82) is 0 Å². The molecule has 4 N–H and O–H groups in total. The lowest BCUT2D eigenvalue weighted by Gasteiger charge is -2.26.